The molecule has 1 saturated carbocycles. The van der Waals surface area contributed by atoms with Gasteiger partial charge in [-0.05, 0) is 38.0 Å². The van der Waals surface area contributed by atoms with Gasteiger partial charge in [-0.25, -0.2) is 0 Å². The molecule has 1 fully saturated rings. The molecule has 100 valence electrons. The molecule has 4 heteroatoms. The van der Waals surface area contributed by atoms with Crippen LogP contribution in [-0.2, 0) is 0 Å². The van der Waals surface area contributed by atoms with E-state index in [0.29, 0.717) is 12.8 Å². The summed E-state index contributed by atoms with van der Waals surface area (Å²) in [6.07, 6.45) is 5.97. The second-order valence-electron chi connectivity index (χ2n) is 5.11. The smallest absolute Gasteiger partial charge is 0.0722 e. The molecule has 17 heavy (non-hydrogen) atoms. The molecule has 2 rings (SSSR count). The topological polar surface area (TPSA) is 80.9 Å². The lowest BCUT2D eigenvalue weighted by molar-refractivity contribution is 0.0142. The zero-order valence-corrected chi connectivity index (χ0v) is 10.4. The van der Waals surface area contributed by atoms with E-state index < -0.39 is 0 Å². The Morgan fingerprint density at radius 3 is 1.71 bits per heavy atom. The van der Waals surface area contributed by atoms with Crippen LogP contribution in [0, 0.1) is 5.92 Å². The van der Waals surface area contributed by atoms with E-state index in [1.807, 2.05) is 6.92 Å². The molecule has 2 aliphatic rings. The van der Waals surface area contributed by atoms with Crippen molar-refractivity contribution < 1.29 is 20.4 Å². The fourth-order valence-corrected chi connectivity index (χ4v) is 2.14. The van der Waals surface area contributed by atoms with Gasteiger partial charge in [0.05, 0.1) is 24.4 Å². The quantitative estimate of drug-likeness (QED) is 0.470. The minimum Gasteiger partial charge on any atom is -0.393 e. The average molecular weight is 244 g/mol. The number of aliphatic hydroxyl groups excluding tert-OH is 4. The third kappa shape index (κ3) is 5.64. The van der Waals surface area contributed by atoms with Crippen LogP contribution in [0.1, 0.15) is 39.0 Å². The van der Waals surface area contributed by atoms with Crippen LogP contribution in [0.3, 0.4) is 0 Å². The van der Waals surface area contributed by atoms with Crippen molar-refractivity contribution in [3.05, 3.63) is 12.2 Å². The van der Waals surface area contributed by atoms with Gasteiger partial charge < -0.3 is 20.4 Å². The summed E-state index contributed by atoms with van der Waals surface area (Å²) in [5.74, 6) is 0.286. The van der Waals surface area contributed by atoms with Crippen LogP contribution in [0.25, 0.3) is 0 Å². The van der Waals surface area contributed by atoms with Crippen LogP contribution in [0.2, 0.25) is 0 Å². The fraction of sp³-hybridized carbons (Fsp3) is 0.846. The molecule has 5 unspecified atom stereocenters. The maximum Gasteiger partial charge on any atom is 0.0722 e. The third-order valence-electron chi connectivity index (χ3n) is 3.41. The van der Waals surface area contributed by atoms with Gasteiger partial charge in [0.15, 0.2) is 0 Å². The number of hydrogen-bond acceptors (Lipinski definition) is 4. The average Bonchev–Trinajstić information content (AvgIpc) is 2.29. The summed E-state index contributed by atoms with van der Waals surface area (Å²) < 4.78 is 0. The van der Waals surface area contributed by atoms with Gasteiger partial charge in [0, 0.05) is 0 Å². The van der Waals surface area contributed by atoms with Crippen molar-refractivity contribution in [2.24, 2.45) is 5.92 Å². The largest absolute Gasteiger partial charge is 0.393 e. The van der Waals surface area contributed by atoms with Gasteiger partial charge >= 0.3 is 0 Å². The van der Waals surface area contributed by atoms with Gasteiger partial charge in [-0.15, -0.1) is 0 Å². The van der Waals surface area contributed by atoms with Crippen molar-refractivity contribution in [1.29, 1.82) is 0 Å². The van der Waals surface area contributed by atoms with Crippen molar-refractivity contribution in [3.8, 4) is 0 Å². The van der Waals surface area contributed by atoms with E-state index in [1.54, 1.807) is 12.2 Å². The molecule has 0 radical (unpaired) electrons. The first kappa shape index (κ1) is 14.6. The van der Waals surface area contributed by atoms with Crippen molar-refractivity contribution in [2.45, 2.75) is 63.4 Å². The fourth-order valence-electron chi connectivity index (χ4n) is 2.14. The SMILES string of the molecule is CC1CC(O)CCC1O.OC1C=CC(O)CC1. The first-order valence-electron chi connectivity index (χ1n) is 6.39. The maximum atomic E-state index is 9.18. The van der Waals surface area contributed by atoms with E-state index in [9.17, 15) is 5.11 Å². The van der Waals surface area contributed by atoms with Gasteiger partial charge in [-0.1, -0.05) is 19.1 Å². The number of aliphatic hydroxyl groups is 4. The van der Waals surface area contributed by atoms with Gasteiger partial charge in [-0.3, -0.25) is 0 Å². The molecular formula is C13H24O4. The molecular weight excluding hydrogens is 220 g/mol. The van der Waals surface area contributed by atoms with Gasteiger partial charge in [0.25, 0.3) is 0 Å². The molecule has 0 saturated heterocycles. The van der Waals surface area contributed by atoms with E-state index >= 15 is 0 Å². The number of hydrogen-bond donors (Lipinski definition) is 4. The zero-order valence-electron chi connectivity index (χ0n) is 10.4. The Bertz CT molecular complexity index is 230. The molecule has 4 nitrogen and oxygen atoms in total. The second-order valence-corrected chi connectivity index (χ2v) is 5.11. The van der Waals surface area contributed by atoms with E-state index in [0.717, 1.165) is 19.3 Å². The maximum absolute atomic E-state index is 9.18. The Labute approximate surface area is 103 Å². The lowest BCUT2D eigenvalue weighted by Crippen LogP contribution is -2.29. The zero-order chi connectivity index (χ0) is 12.8. The van der Waals surface area contributed by atoms with Gasteiger partial charge in [-0.2, -0.15) is 0 Å². The summed E-state index contributed by atoms with van der Waals surface area (Å²) in [5, 5.41) is 35.9. The number of rotatable bonds is 0. The lowest BCUT2D eigenvalue weighted by Gasteiger charge is -2.27. The molecule has 0 heterocycles. The van der Waals surface area contributed by atoms with Crippen molar-refractivity contribution >= 4 is 0 Å². The Morgan fingerprint density at radius 1 is 0.824 bits per heavy atom. The predicted octanol–water partition coefficient (Wildman–Crippen LogP) is 0.586. The molecule has 2 aliphatic carbocycles. The van der Waals surface area contributed by atoms with Gasteiger partial charge in [0.2, 0.25) is 0 Å². The minimum atomic E-state index is -0.321. The summed E-state index contributed by atoms with van der Waals surface area (Å²) in [7, 11) is 0. The Kier molecular flexibility index (Phi) is 6.12. The Balaban J connectivity index is 0.000000171. The molecule has 0 aromatic heterocycles. The summed E-state index contributed by atoms with van der Waals surface area (Å²) in [5.41, 5.74) is 0. The van der Waals surface area contributed by atoms with Crippen LogP contribution in [0.4, 0.5) is 0 Å². The van der Waals surface area contributed by atoms with Crippen LogP contribution in [0.5, 0.6) is 0 Å². The molecule has 0 bridgehead atoms. The van der Waals surface area contributed by atoms with Crippen molar-refractivity contribution in [3.63, 3.8) is 0 Å². The standard InChI is InChI=1S/C7H14O2.C6H10O2/c1-5-4-6(8)2-3-7(5)9;7-5-1-2-6(8)4-3-5/h5-9H,2-4H2,1H3;1-2,5-8H,3-4H2. The highest BCUT2D eigenvalue weighted by molar-refractivity contribution is 4.98. The van der Waals surface area contributed by atoms with Crippen LogP contribution >= 0.6 is 0 Å². The Morgan fingerprint density at radius 2 is 1.35 bits per heavy atom. The molecule has 0 aromatic carbocycles. The van der Waals surface area contributed by atoms with Crippen molar-refractivity contribution in [1.82, 2.24) is 0 Å². The first-order chi connectivity index (χ1) is 7.99. The highest BCUT2D eigenvalue weighted by Crippen LogP contribution is 2.23. The third-order valence-corrected chi connectivity index (χ3v) is 3.41. The lowest BCUT2D eigenvalue weighted by atomic mass is 9.86. The van der Waals surface area contributed by atoms with Crippen LogP contribution in [0.15, 0.2) is 12.2 Å². The normalized spacial score (nSPS) is 41.6. The summed E-state index contributed by atoms with van der Waals surface area (Å²) in [6.45, 7) is 1.98. The van der Waals surface area contributed by atoms with E-state index in [2.05, 4.69) is 0 Å². The highest BCUT2D eigenvalue weighted by atomic mass is 16.3. The first-order valence-corrected chi connectivity index (χ1v) is 6.39. The Hall–Kier alpha value is -0.420. The van der Waals surface area contributed by atoms with E-state index in [-0.39, 0.29) is 30.3 Å². The molecule has 0 aromatic rings. The summed E-state index contributed by atoms with van der Waals surface area (Å²) in [6, 6.07) is 0. The monoisotopic (exact) mass is 244 g/mol. The minimum absolute atomic E-state index is 0.164. The highest BCUT2D eigenvalue weighted by Gasteiger charge is 2.23. The molecule has 5 atom stereocenters. The second kappa shape index (κ2) is 7.11. The molecule has 0 amide bonds. The van der Waals surface area contributed by atoms with E-state index in [1.165, 1.54) is 0 Å². The summed E-state index contributed by atoms with van der Waals surface area (Å²) in [4.78, 5) is 0. The van der Waals surface area contributed by atoms with Crippen LogP contribution in [-0.4, -0.2) is 44.8 Å². The van der Waals surface area contributed by atoms with Crippen molar-refractivity contribution in [2.75, 3.05) is 0 Å². The molecule has 0 spiro atoms. The predicted molar refractivity (Wildman–Crippen MR) is 65.4 cm³/mol. The molecule has 4 N–H and O–H groups in total. The van der Waals surface area contributed by atoms with E-state index in [4.69, 9.17) is 15.3 Å². The van der Waals surface area contributed by atoms with Crippen LogP contribution < -0.4 is 0 Å². The molecule has 0 aliphatic heterocycles. The summed E-state index contributed by atoms with van der Waals surface area (Å²) >= 11 is 0. The van der Waals surface area contributed by atoms with Gasteiger partial charge in [0.1, 0.15) is 0 Å².